The molecule has 90 valence electrons. The van der Waals surface area contributed by atoms with Gasteiger partial charge in [0.15, 0.2) is 0 Å². The predicted octanol–water partition coefficient (Wildman–Crippen LogP) is 2.65. The van der Waals surface area contributed by atoms with Crippen LogP contribution in [0.2, 0.25) is 0 Å². The summed E-state index contributed by atoms with van der Waals surface area (Å²) >= 11 is 1.65. The molecule has 0 saturated carbocycles. The molecule has 0 atom stereocenters. The van der Waals surface area contributed by atoms with Crippen molar-refractivity contribution < 1.29 is 4.74 Å². The zero-order chi connectivity index (χ0) is 12.3. The molecule has 0 aliphatic rings. The Kier molecular flexibility index (Phi) is 3.49. The Morgan fingerprint density at radius 2 is 2.24 bits per heavy atom. The average molecular weight is 249 g/mol. The summed E-state index contributed by atoms with van der Waals surface area (Å²) in [7, 11) is 1.63. The van der Waals surface area contributed by atoms with Gasteiger partial charge in [0, 0.05) is 28.4 Å². The lowest BCUT2D eigenvalue weighted by molar-refractivity contribution is 0.415. The van der Waals surface area contributed by atoms with E-state index in [0.717, 1.165) is 23.7 Å². The van der Waals surface area contributed by atoms with Gasteiger partial charge in [-0.15, -0.1) is 11.3 Å². The van der Waals surface area contributed by atoms with Crippen molar-refractivity contribution in [3.05, 3.63) is 34.3 Å². The summed E-state index contributed by atoms with van der Waals surface area (Å²) < 4.78 is 5.17. The fourth-order valence-corrected chi connectivity index (χ4v) is 2.24. The molecule has 0 bridgehead atoms. The first-order valence-corrected chi connectivity index (χ1v) is 6.14. The van der Waals surface area contributed by atoms with Crippen LogP contribution in [0.5, 0.6) is 5.75 Å². The number of hydrogen-bond donors (Lipinski definition) is 2. The number of nitrogens with two attached hydrogens (primary N) is 1. The largest absolute Gasteiger partial charge is 0.497 e. The average Bonchev–Trinajstić information content (AvgIpc) is 2.71. The van der Waals surface area contributed by atoms with E-state index in [1.165, 1.54) is 4.88 Å². The van der Waals surface area contributed by atoms with E-state index in [4.69, 9.17) is 10.5 Å². The molecule has 3 N–H and O–H groups in total. The SMILES string of the molecule is COc1cc(N)cc(NCc2scnc2C)c1. The van der Waals surface area contributed by atoms with Gasteiger partial charge in [0.05, 0.1) is 24.9 Å². The Morgan fingerprint density at radius 3 is 2.88 bits per heavy atom. The van der Waals surface area contributed by atoms with Gasteiger partial charge in [-0.05, 0) is 13.0 Å². The van der Waals surface area contributed by atoms with Gasteiger partial charge in [0.1, 0.15) is 5.75 Å². The molecule has 4 nitrogen and oxygen atoms in total. The molecule has 0 unspecified atom stereocenters. The van der Waals surface area contributed by atoms with E-state index < -0.39 is 0 Å². The lowest BCUT2D eigenvalue weighted by Gasteiger charge is -2.08. The van der Waals surface area contributed by atoms with E-state index >= 15 is 0 Å². The predicted molar refractivity (Wildman–Crippen MR) is 71.6 cm³/mol. The fourth-order valence-electron chi connectivity index (χ4n) is 1.52. The van der Waals surface area contributed by atoms with Gasteiger partial charge in [-0.2, -0.15) is 0 Å². The number of nitrogens with one attached hydrogen (secondary N) is 1. The summed E-state index contributed by atoms with van der Waals surface area (Å²) in [5, 5.41) is 3.31. The highest BCUT2D eigenvalue weighted by atomic mass is 32.1. The normalized spacial score (nSPS) is 10.2. The molecule has 2 rings (SSSR count). The number of anilines is 2. The van der Waals surface area contributed by atoms with Crippen molar-refractivity contribution >= 4 is 22.7 Å². The van der Waals surface area contributed by atoms with Gasteiger partial charge in [-0.1, -0.05) is 0 Å². The number of methoxy groups -OCH3 is 1. The van der Waals surface area contributed by atoms with E-state index in [0.29, 0.717) is 5.69 Å². The van der Waals surface area contributed by atoms with Gasteiger partial charge >= 0.3 is 0 Å². The molecule has 17 heavy (non-hydrogen) atoms. The number of nitrogens with zero attached hydrogens (tertiary/aromatic N) is 1. The van der Waals surface area contributed by atoms with Crippen molar-refractivity contribution in [2.24, 2.45) is 0 Å². The minimum atomic E-state index is 0.688. The van der Waals surface area contributed by atoms with E-state index in [-0.39, 0.29) is 0 Å². The molecule has 0 radical (unpaired) electrons. The minimum absolute atomic E-state index is 0.688. The highest BCUT2D eigenvalue weighted by molar-refractivity contribution is 7.09. The van der Waals surface area contributed by atoms with Crippen molar-refractivity contribution in [1.29, 1.82) is 0 Å². The third-order valence-corrected chi connectivity index (χ3v) is 3.40. The fraction of sp³-hybridized carbons (Fsp3) is 0.250. The molecule has 0 saturated heterocycles. The van der Waals surface area contributed by atoms with Crippen molar-refractivity contribution in [3.8, 4) is 5.75 Å². The molecule has 0 fully saturated rings. The number of nitrogen functional groups attached to an aromatic ring is 1. The van der Waals surface area contributed by atoms with Crippen LogP contribution in [0.15, 0.2) is 23.7 Å². The number of hydrogen-bond acceptors (Lipinski definition) is 5. The molecule has 1 aromatic heterocycles. The number of rotatable bonds is 4. The maximum atomic E-state index is 5.78. The van der Waals surface area contributed by atoms with Crippen LogP contribution >= 0.6 is 11.3 Å². The minimum Gasteiger partial charge on any atom is -0.497 e. The summed E-state index contributed by atoms with van der Waals surface area (Å²) in [6.45, 7) is 2.76. The molecule has 0 amide bonds. The Hall–Kier alpha value is -1.75. The molecule has 2 aromatic rings. The van der Waals surface area contributed by atoms with Crippen LogP contribution in [0, 0.1) is 6.92 Å². The molecular formula is C12H15N3OS. The molecule has 1 aromatic carbocycles. The number of aromatic nitrogens is 1. The van der Waals surface area contributed by atoms with Gasteiger partial charge in [-0.3, -0.25) is 0 Å². The topological polar surface area (TPSA) is 60.2 Å². The molecule has 0 aliphatic carbocycles. The first kappa shape index (κ1) is 11.7. The second-order valence-corrected chi connectivity index (χ2v) is 4.65. The smallest absolute Gasteiger partial charge is 0.122 e. The summed E-state index contributed by atoms with van der Waals surface area (Å²) in [5.41, 5.74) is 10.3. The molecule has 1 heterocycles. The lowest BCUT2D eigenvalue weighted by atomic mass is 10.2. The third-order valence-electron chi connectivity index (χ3n) is 2.46. The van der Waals surface area contributed by atoms with Gasteiger partial charge in [0.2, 0.25) is 0 Å². The maximum absolute atomic E-state index is 5.78. The van der Waals surface area contributed by atoms with Crippen LogP contribution in [-0.4, -0.2) is 12.1 Å². The van der Waals surface area contributed by atoms with Crippen LogP contribution in [0.3, 0.4) is 0 Å². The van der Waals surface area contributed by atoms with E-state index in [1.54, 1.807) is 24.5 Å². The van der Waals surface area contributed by atoms with Crippen LogP contribution in [0.1, 0.15) is 10.6 Å². The number of benzene rings is 1. The summed E-state index contributed by atoms with van der Waals surface area (Å²) in [5.74, 6) is 0.758. The number of aryl methyl sites for hydroxylation is 1. The van der Waals surface area contributed by atoms with Crippen molar-refractivity contribution in [3.63, 3.8) is 0 Å². The summed E-state index contributed by atoms with van der Waals surface area (Å²) in [4.78, 5) is 5.44. The van der Waals surface area contributed by atoms with E-state index in [1.807, 2.05) is 24.6 Å². The van der Waals surface area contributed by atoms with E-state index in [9.17, 15) is 0 Å². The molecule has 0 spiro atoms. The van der Waals surface area contributed by atoms with Gasteiger partial charge in [-0.25, -0.2) is 4.98 Å². The Labute approximate surface area is 104 Å². The second kappa shape index (κ2) is 5.05. The standard InChI is InChI=1S/C12H15N3OS/c1-8-12(17-7-15-8)6-14-10-3-9(13)4-11(5-10)16-2/h3-5,7,14H,6,13H2,1-2H3. The summed E-state index contributed by atoms with van der Waals surface area (Å²) in [6, 6.07) is 5.61. The van der Waals surface area contributed by atoms with Crippen LogP contribution in [-0.2, 0) is 6.54 Å². The highest BCUT2D eigenvalue weighted by Gasteiger charge is 2.02. The zero-order valence-corrected chi connectivity index (χ0v) is 10.7. The lowest BCUT2D eigenvalue weighted by Crippen LogP contribution is -2.00. The zero-order valence-electron chi connectivity index (χ0n) is 9.86. The first-order chi connectivity index (χ1) is 8.19. The van der Waals surface area contributed by atoms with Crippen LogP contribution < -0.4 is 15.8 Å². The third kappa shape index (κ3) is 2.88. The molecular weight excluding hydrogens is 234 g/mol. The van der Waals surface area contributed by atoms with Crippen LogP contribution in [0.25, 0.3) is 0 Å². The Balaban J connectivity index is 2.09. The van der Waals surface area contributed by atoms with Crippen molar-refractivity contribution in [2.45, 2.75) is 13.5 Å². The Morgan fingerprint density at radius 1 is 1.41 bits per heavy atom. The van der Waals surface area contributed by atoms with Crippen LogP contribution in [0.4, 0.5) is 11.4 Å². The highest BCUT2D eigenvalue weighted by Crippen LogP contribution is 2.23. The molecule has 0 aliphatic heterocycles. The number of thiazole rings is 1. The maximum Gasteiger partial charge on any atom is 0.122 e. The van der Waals surface area contributed by atoms with Gasteiger partial charge < -0.3 is 15.8 Å². The van der Waals surface area contributed by atoms with Crippen molar-refractivity contribution in [1.82, 2.24) is 4.98 Å². The van der Waals surface area contributed by atoms with Gasteiger partial charge in [0.25, 0.3) is 0 Å². The quantitative estimate of drug-likeness (QED) is 0.818. The van der Waals surface area contributed by atoms with E-state index in [2.05, 4.69) is 10.3 Å². The number of ether oxygens (including phenoxy) is 1. The first-order valence-electron chi connectivity index (χ1n) is 5.26. The van der Waals surface area contributed by atoms with Crippen molar-refractivity contribution in [2.75, 3.05) is 18.2 Å². The monoisotopic (exact) mass is 249 g/mol. The second-order valence-electron chi connectivity index (χ2n) is 3.71. The Bertz CT molecular complexity index is 510. The molecule has 5 heteroatoms. The summed E-state index contributed by atoms with van der Waals surface area (Å²) in [6.07, 6.45) is 0.